The zero-order valence-electron chi connectivity index (χ0n) is 26.1. The molecule has 2 aromatic heterocycles. The first-order chi connectivity index (χ1) is 19.3. The molecule has 2 saturated heterocycles. The number of piperidine rings is 1. The summed E-state index contributed by atoms with van der Waals surface area (Å²) in [6, 6.07) is 4.43. The fourth-order valence-corrected chi connectivity index (χ4v) is 21.5. The second-order valence-electron chi connectivity index (χ2n) is 12.9. The molecule has 8 heteroatoms. The minimum absolute atomic E-state index is 0.368. The van der Waals surface area contributed by atoms with E-state index in [2.05, 4.69) is 42.7 Å². The average molecular weight is 661 g/mol. The molecule has 0 saturated carbocycles. The monoisotopic (exact) mass is 661 g/mol. The summed E-state index contributed by atoms with van der Waals surface area (Å²) in [6.45, 7) is 16.9. The molecule has 7 nitrogen and oxygen atoms in total. The number of nitrogens with zero attached hydrogens (tertiary/aromatic N) is 5. The molecular formula is C32H55N5O2Sn. The van der Waals surface area contributed by atoms with Gasteiger partial charge in [-0.05, 0) is 13.8 Å². The van der Waals surface area contributed by atoms with Gasteiger partial charge in [-0.1, -0.05) is 0 Å². The fourth-order valence-electron chi connectivity index (χ4n) is 6.64. The second-order valence-corrected chi connectivity index (χ2v) is 25.8. The van der Waals surface area contributed by atoms with Gasteiger partial charge in [-0.3, -0.25) is 0 Å². The third-order valence-electron chi connectivity index (χ3n) is 9.37. The van der Waals surface area contributed by atoms with E-state index >= 15 is 0 Å². The Labute approximate surface area is 247 Å². The molecule has 224 valence electrons. The van der Waals surface area contributed by atoms with E-state index in [1.165, 1.54) is 55.7 Å². The number of hydrogen-bond acceptors (Lipinski definition) is 7. The summed E-state index contributed by atoms with van der Waals surface area (Å²) in [5.41, 5.74) is 2.50. The van der Waals surface area contributed by atoms with Crippen molar-refractivity contribution < 1.29 is 9.84 Å². The molecule has 2 aromatic rings. The van der Waals surface area contributed by atoms with E-state index < -0.39 is 24.0 Å². The van der Waals surface area contributed by atoms with E-state index in [1.807, 2.05) is 13.8 Å². The SMILES string of the molecule is CCC[CH2][Sn]([CH2]CCC)([CH2]CCC)[c]1nc(N2CCOCC2)c2nc(CN3CCC(C(C)(C)O)CC3)ccc2n1. The van der Waals surface area contributed by atoms with Crippen LogP contribution in [0, 0.1) is 5.92 Å². The van der Waals surface area contributed by atoms with Crippen LogP contribution in [0.5, 0.6) is 0 Å². The number of morpholine rings is 1. The molecular weight excluding hydrogens is 605 g/mol. The van der Waals surface area contributed by atoms with Crippen molar-refractivity contribution in [2.75, 3.05) is 44.3 Å². The first kappa shape index (κ1) is 31.9. The normalized spacial score (nSPS) is 18.1. The van der Waals surface area contributed by atoms with E-state index in [0.29, 0.717) is 5.92 Å². The predicted octanol–water partition coefficient (Wildman–Crippen LogP) is 5.90. The van der Waals surface area contributed by atoms with Crippen molar-refractivity contribution in [3.63, 3.8) is 0 Å². The Morgan fingerprint density at radius 1 is 0.875 bits per heavy atom. The third-order valence-corrected chi connectivity index (χ3v) is 23.9. The quantitative estimate of drug-likeness (QED) is 0.253. The van der Waals surface area contributed by atoms with Crippen LogP contribution in [0.4, 0.5) is 5.82 Å². The van der Waals surface area contributed by atoms with Gasteiger partial charge < -0.3 is 5.11 Å². The van der Waals surface area contributed by atoms with Crippen molar-refractivity contribution in [3.8, 4) is 0 Å². The van der Waals surface area contributed by atoms with Crippen LogP contribution in [0.25, 0.3) is 11.0 Å². The molecule has 0 spiro atoms. The summed E-state index contributed by atoms with van der Waals surface area (Å²) >= 11 is -2.82. The summed E-state index contributed by atoms with van der Waals surface area (Å²) < 4.78 is 11.1. The van der Waals surface area contributed by atoms with Crippen LogP contribution < -0.4 is 8.74 Å². The Kier molecular flexibility index (Phi) is 11.9. The van der Waals surface area contributed by atoms with E-state index in [9.17, 15) is 5.11 Å². The van der Waals surface area contributed by atoms with E-state index in [1.54, 1.807) is 0 Å². The molecule has 0 atom stereocenters. The number of anilines is 1. The van der Waals surface area contributed by atoms with Gasteiger partial charge in [0.05, 0.1) is 0 Å². The number of fused-ring (bicyclic) bond motifs is 1. The van der Waals surface area contributed by atoms with Gasteiger partial charge in [0.1, 0.15) is 0 Å². The number of aliphatic hydroxyl groups is 1. The Morgan fingerprint density at radius 3 is 2.02 bits per heavy atom. The summed E-state index contributed by atoms with van der Waals surface area (Å²) in [6.07, 6.45) is 9.73. The van der Waals surface area contributed by atoms with Crippen molar-refractivity contribution in [1.82, 2.24) is 19.9 Å². The van der Waals surface area contributed by atoms with Crippen molar-refractivity contribution in [3.05, 3.63) is 17.8 Å². The minimum atomic E-state index is -2.82. The molecule has 0 aromatic carbocycles. The molecule has 1 N–H and O–H groups in total. The summed E-state index contributed by atoms with van der Waals surface area (Å²) in [5.74, 6) is 1.42. The van der Waals surface area contributed by atoms with Crippen LogP contribution in [0.3, 0.4) is 0 Å². The standard InChI is InChI=1S/C20H28N5O2.3C4H9.Sn/c1-20(2,26)15-5-7-24(8-6-15)13-16-3-4-17-18(23-16)19(22-14-21-17)25-9-11-27-12-10-25;3*1-3-4-2;/h3-4,15,26H,5-13H2,1-2H3;3*1,3-4H2,2H3;. The third kappa shape index (κ3) is 8.07. The van der Waals surface area contributed by atoms with Crippen LogP contribution in [-0.4, -0.2) is 88.3 Å². The number of hydrogen-bond donors (Lipinski definition) is 1. The summed E-state index contributed by atoms with van der Waals surface area (Å²) in [7, 11) is 0. The molecule has 0 aliphatic carbocycles. The molecule has 0 radical (unpaired) electrons. The number of rotatable bonds is 14. The molecule has 0 bridgehead atoms. The zero-order valence-corrected chi connectivity index (χ0v) is 28.9. The Morgan fingerprint density at radius 2 is 1.48 bits per heavy atom. The number of aromatic nitrogens is 3. The maximum atomic E-state index is 10.5. The second kappa shape index (κ2) is 14.9. The predicted molar refractivity (Wildman–Crippen MR) is 169 cm³/mol. The molecule has 2 aliphatic rings. The first-order valence-corrected chi connectivity index (χ1v) is 23.7. The van der Waals surface area contributed by atoms with Crippen molar-refractivity contribution in [2.24, 2.45) is 5.92 Å². The van der Waals surface area contributed by atoms with Gasteiger partial charge in [0.15, 0.2) is 0 Å². The van der Waals surface area contributed by atoms with E-state index in [-0.39, 0.29) is 0 Å². The summed E-state index contributed by atoms with van der Waals surface area (Å²) in [4.78, 5) is 21.1. The van der Waals surface area contributed by atoms with Crippen LogP contribution >= 0.6 is 0 Å². The van der Waals surface area contributed by atoms with E-state index in [4.69, 9.17) is 19.7 Å². The van der Waals surface area contributed by atoms with Gasteiger partial charge in [0.25, 0.3) is 0 Å². The van der Waals surface area contributed by atoms with Crippen molar-refractivity contribution in [1.29, 1.82) is 0 Å². The first-order valence-electron chi connectivity index (χ1n) is 16.2. The molecule has 2 fully saturated rings. The molecule has 2 aliphatic heterocycles. The Bertz CT molecular complexity index is 1040. The molecule has 4 heterocycles. The van der Waals surface area contributed by atoms with Gasteiger partial charge in [-0.2, -0.15) is 0 Å². The van der Waals surface area contributed by atoms with Gasteiger partial charge in [-0.25, -0.2) is 0 Å². The molecule has 40 heavy (non-hydrogen) atoms. The Hall–Kier alpha value is -1.03. The van der Waals surface area contributed by atoms with Crippen LogP contribution in [0.15, 0.2) is 12.1 Å². The maximum absolute atomic E-state index is 10.5. The number of likely N-dealkylation sites (tertiary alicyclic amines) is 1. The molecule has 4 rings (SSSR count). The number of pyridine rings is 1. The van der Waals surface area contributed by atoms with Gasteiger partial charge >= 0.3 is 229 Å². The van der Waals surface area contributed by atoms with Crippen LogP contribution in [0.2, 0.25) is 13.3 Å². The van der Waals surface area contributed by atoms with Crippen LogP contribution in [0.1, 0.15) is 91.7 Å². The zero-order chi connectivity index (χ0) is 28.6. The summed E-state index contributed by atoms with van der Waals surface area (Å²) in [5, 5.41) is 10.5. The van der Waals surface area contributed by atoms with Gasteiger partial charge in [-0.15, -0.1) is 0 Å². The van der Waals surface area contributed by atoms with Crippen LogP contribution in [-0.2, 0) is 11.3 Å². The van der Waals surface area contributed by atoms with E-state index in [0.717, 1.165) is 81.3 Å². The average Bonchev–Trinajstić information content (AvgIpc) is 2.97. The molecule has 0 amide bonds. The number of unbranched alkanes of at least 4 members (excludes halogenated alkanes) is 3. The fraction of sp³-hybridized carbons (Fsp3) is 0.781. The number of ether oxygens (including phenoxy) is 1. The topological polar surface area (TPSA) is 74.6 Å². The Balaban J connectivity index is 1.69. The van der Waals surface area contributed by atoms with Crippen molar-refractivity contribution in [2.45, 2.75) is 111 Å². The van der Waals surface area contributed by atoms with Gasteiger partial charge in [0, 0.05) is 0 Å². The molecule has 0 unspecified atom stereocenters. The van der Waals surface area contributed by atoms with Gasteiger partial charge in [0.2, 0.25) is 0 Å². The van der Waals surface area contributed by atoms with Crippen molar-refractivity contribution >= 4 is 39.1 Å².